The smallest absolute Gasteiger partial charge is 0.360 e. The molecule has 0 saturated heterocycles. The summed E-state index contributed by atoms with van der Waals surface area (Å²) in [5.41, 5.74) is 0.183. The first-order valence-corrected chi connectivity index (χ1v) is 5.74. The lowest BCUT2D eigenvalue weighted by Gasteiger charge is -2.07. The molecule has 0 atom stereocenters. The molecule has 0 aromatic carbocycles. The van der Waals surface area contributed by atoms with Gasteiger partial charge in [-0.15, -0.1) is 0 Å². The molecule has 0 aliphatic carbocycles. The van der Waals surface area contributed by atoms with Crippen molar-refractivity contribution >= 4 is 32.8 Å². The average molecular weight is 297 g/mol. The van der Waals surface area contributed by atoms with Gasteiger partial charge in [0.1, 0.15) is 10.1 Å². The summed E-state index contributed by atoms with van der Waals surface area (Å²) in [4.78, 5) is 19.6. The van der Waals surface area contributed by atoms with Crippen molar-refractivity contribution in [3.8, 4) is 5.75 Å². The van der Waals surface area contributed by atoms with E-state index < -0.39 is 5.97 Å². The van der Waals surface area contributed by atoms with Crippen LogP contribution in [0.5, 0.6) is 5.75 Å². The molecule has 0 spiro atoms. The van der Waals surface area contributed by atoms with Crippen molar-refractivity contribution in [3.05, 3.63) is 28.6 Å². The molecule has 0 saturated carbocycles. The zero-order valence-corrected chi connectivity index (χ0v) is 10.6. The number of fused-ring (bicyclic) bond motifs is 1. The lowest BCUT2D eigenvalue weighted by atomic mass is 10.2. The van der Waals surface area contributed by atoms with E-state index in [1.165, 1.54) is 6.20 Å². The van der Waals surface area contributed by atoms with Gasteiger partial charge in [0.2, 0.25) is 0 Å². The van der Waals surface area contributed by atoms with E-state index >= 15 is 0 Å². The summed E-state index contributed by atoms with van der Waals surface area (Å²) in [7, 11) is 0. The summed E-state index contributed by atoms with van der Waals surface area (Å²) < 4.78 is 5.25. The van der Waals surface area contributed by atoms with Gasteiger partial charge in [0, 0.05) is 11.6 Å². The van der Waals surface area contributed by atoms with Crippen molar-refractivity contribution in [2.45, 2.75) is 6.92 Å². The minimum atomic E-state index is -0.668. The molecule has 88 valence electrons. The van der Waals surface area contributed by atoms with Gasteiger partial charge in [-0.2, -0.15) is 0 Å². The molecule has 2 heterocycles. The molecule has 0 bridgehead atoms. The standard InChI is InChI=1S/C11H9BrN2O3/c1-2-17-11(16)8-9(15)7-6(10(12)14-8)4-3-5-13-7/h3-5,15H,2H2,1H3. The maximum Gasteiger partial charge on any atom is 0.360 e. The third kappa shape index (κ3) is 2.08. The zero-order chi connectivity index (χ0) is 12.4. The van der Waals surface area contributed by atoms with E-state index in [-0.39, 0.29) is 18.1 Å². The highest BCUT2D eigenvalue weighted by Crippen LogP contribution is 2.30. The molecule has 17 heavy (non-hydrogen) atoms. The summed E-state index contributed by atoms with van der Waals surface area (Å²) in [5.74, 6) is -0.930. The molecule has 1 N–H and O–H groups in total. The molecule has 0 radical (unpaired) electrons. The number of esters is 1. The minimum Gasteiger partial charge on any atom is -0.504 e. The Kier molecular flexibility index (Phi) is 3.23. The lowest BCUT2D eigenvalue weighted by molar-refractivity contribution is 0.0516. The molecular weight excluding hydrogens is 288 g/mol. The number of aromatic nitrogens is 2. The fourth-order valence-corrected chi connectivity index (χ4v) is 1.92. The highest BCUT2D eigenvalue weighted by atomic mass is 79.9. The van der Waals surface area contributed by atoms with Gasteiger partial charge in [-0.3, -0.25) is 4.98 Å². The van der Waals surface area contributed by atoms with E-state index in [0.29, 0.717) is 15.5 Å². The Hall–Kier alpha value is -1.69. The number of halogens is 1. The second-order valence-electron chi connectivity index (χ2n) is 3.22. The molecule has 0 unspecified atom stereocenters. The van der Waals surface area contributed by atoms with Gasteiger partial charge in [-0.05, 0) is 35.0 Å². The highest BCUT2D eigenvalue weighted by molar-refractivity contribution is 9.10. The van der Waals surface area contributed by atoms with E-state index in [1.807, 2.05) is 0 Å². The molecule has 2 aromatic heterocycles. The van der Waals surface area contributed by atoms with Crippen LogP contribution in [0.2, 0.25) is 0 Å². The predicted molar refractivity (Wildman–Crippen MR) is 64.9 cm³/mol. The first-order chi connectivity index (χ1) is 8.15. The zero-order valence-electron chi connectivity index (χ0n) is 8.98. The molecule has 6 heteroatoms. The number of aromatic hydroxyl groups is 1. The van der Waals surface area contributed by atoms with Crippen LogP contribution in [0.25, 0.3) is 10.9 Å². The van der Waals surface area contributed by atoms with Gasteiger partial charge in [-0.25, -0.2) is 9.78 Å². The molecule has 5 nitrogen and oxygen atoms in total. The van der Waals surface area contributed by atoms with E-state index in [9.17, 15) is 9.90 Å². The summed E-state index contributed by atoms with van der Waals surface area (Å²) in [6, 6.07) is 3.46. The van der Waals surface area contributed by atoms with Gasteiger partial charge in [-0.1, -0.05) is 0 Å². The van der Waals surface area contributed by atoms with Crippen LogP contribution < -0.4 is 0 Å². The number of pyridine rings is 2. The van der Waals surface area contributed by atoms with Crippen molar-refractivity contribution in [2.75, 3.05) is 6.61 Å². The van der Waals surface area contributed by atoms with Crippen molar-refractivity contribution in [3.63, 3.8) is 0 Å². The van der Waals surface area contributed by atoms with E-state index in [4.69, 9.17) is 4.74 Å². The normalized spacial score (nSPS) is 10.5. The van der Waals surface area contributed by atoms with Gasteiger partial charge in [0.15, 0.2) is 11.4 Å². The topological polar surface area (TPSA) is 72.3 Å². The number of nitrogens with zero attached hydrogens (tertiary/aromatic N) is 2. The van der Waals surface area contributed by atoms with Gasteiger partial charge >= 0.3 is 5.97 Å². The van der Waals surface area contributed by atoms with Crippen LogP contribution >= 0.6 is 15.9 Å². The number of carbonyl (C=O) groups excluding carboxylic acids is 1. The molecule has 0 amide bonds. The first kappa shape index (κ1) is 11.8. The lowest BCUT2D eigenvalue weighted by Crippen LogP contribution is -2.08. The highest BCUT2D eigenvalue weighted by Gasteiger charge is 2.19. The SMILES string of the molecule is CCOC(=O)c1nc(Br)c2cccnc2c1O. The number of hydrogen-bond acceptors (Lipinski definition) is 5. The van der Waals surface area contributed by atoms with E-state index in [0.717, 1.165) is 0 Å². The van der Waals surface area contributed by atoms with Crippen molar-refractivity contribution in [2.24, 2.45) is 0 Å². The monoisotopic (exact) mass is 296 g/mol. The summed E-state index contributed by atoms with van der Waals surface area (Å²) in [6.07, 6.45) is 1.53. The third-order valence-corrected chi connectivity index (χ3v) is 2.76. The summed E-state index contributed by atoms with van der Waals surface area (Å²) in [6.45, 7) is 1.90. The first-order valence-electron chi connectivity index (χ1n) is 4.95. The Balaban J connectivity index is 2.67. The molecule has 0 aliphatic heterocycles. The maximum absolute atomic E-state index is 11.6. The average Bonchev–Trinajstić information content (AvgIpc) is 2.34. The van der Waals surface area contributed by atoms with Crippen molar-refractivity contribution < 1.29 is 14.6 Å². The number of carbonyl (C=O) groups is 1. The van der Waals surface area contributed by atoms with Crippen LogP contribution in [0.1, 0.15) is 17.4 Å². The third-order valence-electron chi connectivity index (χ3n) is 2.16. The van der Waals surface area contributed by atoms with Crippen LogP contribution in [-0.2, 0) is 4.74 Å². The largest absolute Gasteiger partial charge is 0.504 e. The van der Waals surface area contributed by atoms with E-state index in [2.05, 4.69) is 25.9 Å². The van der Waals surface area contributed by atoms with Crippen LogP contribution in [0.15, 0.2) is 22.9 Å². The number of hydrogen-bond donors (Lipinski definition) is 1. The van der Waals surface area contributed by atoms with Gasteiger partial charge in [0.25, 0.3) is 0 Å². The predicted octanol–water partition coefficient (Wildman–Crippen LogP) is 2.27. The molecule has 0 aliphatic rings. The molecular formula is C11H9BrN2O3. The van der Waals surface area contributed by atoms with Crippen LogP contribution in [-0.4, -0.2) is 27.7 Å². The maximum atomic E-state index is 11.6. The fourth-order valence-electron chi connectivity index (χ4n) is 1.43. The summed E-state index contributed by atoms with van der Waals surface area (Å²) in [5, 5.41) is 10.6. The van der Waals surface area contributed by atoms with E-state index in [1.54, 1.807) is 19.1 Å². The molecule has 0 fully saturated rings. The van der Waals surface area contributed by atoms with Crippen molar-refractivity contribution in [1.29, 1.82) is 0 Å². The fraction of sp³-hybridized carbons (Fsp3) is 0.182. The van der Waals surface area contributed by atoms with Crippen LogP contribution in [0, 0.1) is 0 Å². The molecule has 2 aromatic rings. The van der Waals surface area contributed by atoms with Gasteiger partial charge in [0.05, 0.1) is 6.61 Å². The van der Waals surface area contributed by atoms with Crippen LogP contribution in [0.4, 0.5) is 0 Å². The Morgan fingerprint density at radius 3 is 3.06 bits per heavy atom. The van der Waals surface area contributed by atoms with Gasteiger partial charge < -0.3 is 9.84 Å². The Morgan fingerprint density at radius 2 is 2.35 bits per heavy atom. The Morgan fingerprint density at radius 1 is 1.59 bits per heavy atom. The van der Waals surface area contributed by atoms with Crippen molar-refractivity contribution in [1.82, 2.24) is 9.97 Å². The summed E-state index contributed by atoms with van der Waals surface area (Å²) >= 11 is 3.23. The minimum absolute atomic E-state index is 0.134. The second kappa shape index (κ2) is 4.67. The number of rotatable bonds is 2. The Labute approximate surface area is 106 Å². The Bertz CT molecular complexity index is 586. The van der Waals surface area contributed by atoms with Crippen LogP contribution in [0.3, 0.4) is 0 Å². The number of ether oxygens (including phenoxy) is 1. The quantitative estimate of drug-likeness (QED) is 0.680. The molecule has 2 rings (SSSR count). The second-order valence-corrected chi connectivity index (χ2v) is 3.97.